The van der Waals surface area contributed by atoms with Crippen LogP contribution in [0.3, 0.4) is 0 Å². The number of nitrogens with two attached hydrogens (primary N) is 1. The molecule has 22 heavy (non-hydrogen) atoms. The average molecular weight is 291 g/mol. The first kappa shape index (κ1) is 14.1. The normalized spacial score (nSPS) is 10.6. The Morgan fingerprint density at radius 2 is 1.77 bits per heavy atom. The molecule has 0 aliphatic rings. The highest BCUT2D eigenvalue weighted by Crippen LogP contribution is 2.28. The van der Waals surface area contributed by atoms with Gasteiger partial charge in [0.1, 0.15) is 0 Å². The highest BCUT2D eigenvalue weighted by Gasteiger charge is 2.07. The van der Waals surface area contributed by atoms with Gasteiger partial charge >= 0.3 is 0 Å². The molecular weight excluding hydrogens is 274 g/mol. The molecule has 0 unspecified atom stereocenters. The molecule has 0 bridgehead atoms. The fourth-order valence-electron chi connectivity index (χ4n) is 2.44. The zero-order valence-corrected chi connectivity index (χ0v) is 12.6. The van der Waals surface area contributed by atoms with Crippen molar-refractivity contribution < 1.29 is 4.79 Å². The molecule has 2 aromatic carbocycles. The van der Waals surface area contributed by atoms with Crippen molar-refractivity contribution in [3.8, 4) is 0 Å². The van der Waals surface area contributed by atoms with Crippen LogP contribution in [0, 0.1) is 13.8 Å². The number of anilines is 2. The minimum atomic E-state index is -0.424. The summed E-state index contributed by atoms with van der Waals surface area (Å²) in [4.78, 5) is 15.6. The lowest BCUT2D eigenvalue weighted by molar-refractivity contribution is 0.100. The SMILES string of the molecule is Cc1ccc2c(Nc3ccc(C(N)=O)cc3)ccnc2c1C. The highest BCUT2D eigenvalue weighted by atomic mass is 16.1. The van der Waals surface area contributed by atoms with Crippen LogP contribution in [0.25, 0.3) is 10.9 Å². The molecule has 3 aromatic rings. The van der Waals surface area contributed by atoms with Gasteiger partial charge in [-0.3, -0.25) is 9.78 Å². The molecule has 0 saturated carbocycles. The smallest absolute Gasteiger partial charge is 0.248 e. The number of pyridine rings is 1. The summed E-state index contributed by atoms with van der Waals surface area (Å²) in [7, 11) is 0. The van der Waals surface area contributed by atoms with Gasteiger partial charge in [0.25, 0.3) is 0 Å². The van der Waals surface area contributed by atoms with E-state index in [2.05, 4.69) is 36.3 Å². The van der Waals surface area contributed by atoms with Gasteiger partial charge in [-0.05, 0) is 55.3 Å². The number of amides is 1. The topological polar surface area (TPSA) is 68.0 Å². The summed E-state index contributed by atoms with van der Waals surface area (Å²) in [5.74, 6) is -0.424. The molecule has 3 rings (SSSR count). The minimum Gasteiger partial charge on any atom is -0.366 e. The van der Waals surface area contributed by atoms with Crippen LogP contribution in [0.4, 0.5) is 11.4 Å². The summed E-state index contributed by atoms with van der Waals surface area (Å²) in [5, 5.41) is 4.44. The maximum Gasteiger partial charge on any atom is 0.248 e. The van der Waals surface area contributed by atoms with Gasteiger partial charge in [-0.2, -0.15) is 0 Å². The second kappa shape index (κ2) is 5.48. The third kappa shape index (κ3) is 2.51. The number of hydrogen-bond acceptors (Lipinski definition) is 3. The van der Waals surface area contributed by atoms with E-state index in [4.69, 9.17) is 5.73 Å². The van der Waals surface area contributed by atoms with Gasteiger partial charge in [-0.1, -0.05) is 12.1 Å². The Morgan fingerprint density at radius 3 is 2.45 bits per heavy atom. The van der Waals surface area contributed by atoms with Gasteiger partial charge in [0, 0.05) is 28.5 Å². The summed E-state index contributed by atoms with van der Waals surface area (Å²) in [5.41, 5.74) is 11.0. The van der Waals surface area contributed by atoms with Gasteiger partial charge in [0.15, 0.2) is 0 Å². The summed E-state index contributed by atoms with van der Waals surface area (Å²) in [6.07, 6.45) is 1.80. The molecular formula is C18H17N3O. The fourth-order valence-corrected chi connectivity index (χ4v) is 2.44. The van der Waals surface area contributed by atoms with Crippen LogP contribution >= 0.6 is 0 Å². The number of hydrogen-bond donors (Lipinski definition) is 2. The molecule has 110 valence electrons. The van der Waals surface area contributed by atoms with Crippen LogP contribution < -0.4 is 11.1 Å². The quantitative estimate of drug-likeness (QED) is 0.773. The third-order valence-corrected chi connectivity index (χ3v) is 3.89. The summed E-state index contributed by atoms with van der Waals surface area (Å²) < 4.78 is 0. The van der Waals surface area contributed by atoms with E-state index >= 15 is 0 Å². The number of nitrogens with zero attached hydrogens (tertiary/aromatic N) is 1. The number of aryl methyl sites for hydroxylation is 2. The van der Waals surface area contributed by atoms with Crippen molar-refractivity contribution in [3.05, 3.63) is 65.4 Å². The van der Waals surface area contributed by atoms with E-state index in [0.29, 0.717) is 5.56 Å². The second-order valence-electron chi connectivity index (χ2n) is 5.33. The largest absolute Gasteiger partial charge is 0.366 e. The Bertz CT molecular complexity index is 854. The van der Waals surface area contributed by atoms with Gasteiger partial charge in [-0.15, -0.1) is 0 Å². The lowest BCUT2D eigenvalue weighted by Gasteiger charge is -2.12. The Labute approximate surface area is 129 Å². The molecule has 1 heterocycles. The first-order chi connectivity index (χ1) is 10.6. The van der Waals surface area contributed by atoms with E-state index in [1.54, 1.807) is 18.3 Å². The first-order valence-electron chi connectivity index (χ1n) is 7.08. The Balaban J connectivity index is 2.00. The number of nitrogens with one attached hydrogen (secondary N) is 1. The number of fused-ring (bicyclic) bond motifs is 1. The standard InChI is InChI=1S/C18H17N3O/c1-11-3-8-15-16(9-10-20-17(15)12(11)2)21-14-6-4-13(5-7-14)18(19)22/h3-10H,1-2H3,(H2,19,22)(H,20,21). The van der Waals surface area contributed by atoms with E-state index in [0.717, 1.165) is 22.3 Å². The number of rotatable bonds is 3. The summed E-state index contributed by atoms with van der Waals surface area (Å²) in [6.45, 7) is 4.16. The maximum atomic E-state index is 11.1. The molecule has 0 aliphatic heterocycles. The zero-order valence-electron chi connectivity index (χ0n) is 12.6. The Hall–Kier alpha value is -2.88. The third-order valence-electron chi connectivity index (χ3n) is 3.89. The maximum absolute atomic E-state index is 11.1. The molecule has 1 amide bonds. The molecule has 3 N–H and O–H groups in total. The molecule has 4 nitrogen and oxygen atoms in total. The van der Waals surface area contributed by atoms with Crippen molar-refractivity contribution in [1.82, 2.24) is 4.98 Å². The van der Waals surface area contributed by atoms with Crippen LogP contribution in [0.1, 0.15) is 21.5 Å². The van der Waals surface area contributed by atoms with Crippen LogP contribution in [0.5, 0.6) is 0 Å². The van der Waals surface area contributed by atoms with Crippen molar-refractivity contribution in [2.24, 2.45) is 5.73 Å². The summed E-state index contributed by atoms with van der Waals surface area (Å²) in [6, 6.07) is 13.2. The van der Waals surface area contributed by atoms with E-state index in [-0.39, 0.29) is 0 Å². The Kier molecular flexibility index (Phi) is 3.51. The molecule has 4 heteroatoms. The van der Waals surface area contributed by atoms with Gasteiger partial charge in [0.05, 0.1) is 5.52 Å². The monoisotopic (exact) mass is 291 g/mol. The van der Waals surface area contributed by atoms with Crippen LogP contribution in [-0.2, 0) is 0 Å². The van der Waals surface area contributed by atoms with E-state index in [9.17, 15) is 4.79 Å². The lowest BCUT2D eigenvalue weighted by Crippen LogP contribution is -2.10. The van der Waals surface area contributed by atoms with E-state index in [1.165, 1.54) is 11.1 Å². The molecule has 1 aromatic heterocycles. The molecule has 0 aliphatic carbocycles. The van der Waals surface area contributed by atoms with Crippen molar-refractivity contribution in [1.29, 1.82) is 0 Å². The van der Waals surface area contributed by atoms with Crippen LogP contribution in [0.2, 0.25) is 0 Å². The van der Waals surface area contributed by atoms with Crippen LogP contribution in [-0.4, -0.2) is 10.9 Å². The van der Waals surface area contributed by atoms with Crippen molar-refractivity contribution in [2.75, 3.05) is 5.32 Å². The highest BCUT2D eigenvalue weighted by molar-refractivity contribution is 5.96. The van der Waals surface area contributed by atoms with E-state index < -0.39 is 5.91 Å². The molecule has 0 saturated heterocycles. The zero-order chi connectivity index (χ0) is 15.7. The molecule has 0 spiro atoms. The van der Waals surface area contributed by atoms with Crippen molar-refractivity contribution >= 4 is 28.2 Å². The minimum absolute atomic E-state index is 0.424. The van der Waals surface area contributed by atoms with Crippen molar-refractivity contribution in [2.45, 2.75) is 13.8 Å². The van der Waals surface area contributed by atoms with E-state index in [1.807, 2.05) is 18.2 Å². The van der Waals surface area contributed by atoms with Crippen molar-refractivity contribution in [3.63, 3.8) is 0 Å². The average Bonchev–Trinajstić information content (AvgIpc) is 2.52. The fraction of sp³-hybridized carbons (Fsp3) is 0.111. The predicted octanol–water partition coefficient (Wildman–Crippen LogP) is 3.69. The number of carbonyl (C=O) groups excluding carboxylic acids is 1. The van der Waals surface area contributed by atoms with Gasteiger partial charge < -0.3 is 11.1 Å². The molecule has 0 fully saturated rings. The van der Waals surface area contributed by atoms with Gasteiger partial charge in [-0.25, -0.2) is 0 Å². The lowest BCUT2D eigenvalue weighted by atomic mass is 10.0. The predicted molar refractivity (Wildman–Crippen MR) is 89.5 cm³/mol. The molecule has 0 radical (unpaired) electrons. The number of aromatic nitrogens is 1. The number of primary amides is 1. The van der Waals surface area contributed by atoms with Gasteiger partial charge in [0.2, 0.25) is 5.91 Å². The Morgan fingerprint density at radius 1 is 1.05 bits per heavy atom. The number of benzene rings is 2. The number of carbonyl (C=O) groups is 1. The van der Waals surface area contributed by atoms with Crippen LogP contribution in [0.15, 0.2) is 48.7 Å². The second-order valence-corrected chi connectivity index (χ2v) is 5.33. The first-order valence-corrected chi connectivity index (χ1v) is 7.08. The summed E-state index contributed by atoms with van der Waals surface area (Å²) >= 11 is 0. The molecule has 0 atom stereocenters.